The van der Waals surface area contributed by atoms with Crippen molar-refractivity contribution in [3.05, 3.63) is 65.2 Å². The van der Waals surface area contributed by atoms with Gasteiger partial charge in [-0.05, 0) is 54.0 Å². The predicted molar refractivity (Wildman–Crippen MR) is 108 cm³/mol. The van der Waals surface area contributed by atoms with Crippen molar-refractivity contribution >= 4 is 5.91 Å². The highest BCUT2D eigenvalue weighted by molar-refractivity contribution is 5.94. The zero-order valence-electron chi connectivity index (χ0n) is 16.5. The van der Waals surface area contributed by atoms with Crippen LogP contribution in [0.15, 0.2) is 48.5 Å². The maximum atomic E-state index is 12.3. The second-order valence-corrected chi connectivity index (χ2v) is 7.64. The number of hydrogen-bond donors (Lipinski definition) is 1. The van der Waals surface area contributed by atoms with Crippen LogP contribution in [0, 0.1) is 0 Å². The topological polar surface area (TPSA) is 38.3 Å². The Morgan fingerprint density at radius 1 is 1.04 bits per heavy atom. The van der Waals surface area contributed by atoms with Gasteiger partial charge in [-0.1, -0.05) is 58.0 Å². The van der Waals surface area contributed by atoms with Crippen molar-refractivity contribution in [1.29, 1.82) is 0 Å². The maximum absolute atomic E-state index is 12.3. The first-order valence-corrected chi connectivity index (χ1v) is 9.51. The average Bonchev–Trinajstić information content (AvgIpc) is 2.63. The summed E-state index contributed by atoms with van der Waals surface area (Å²) < 4.78 is 5.79. The molecule has 3 heteroatoms. The summed E-state index contributed by atoms with van der Waals surface area (Å²) in [5.74, 6) is 0.944. The Kier molecular flexibility index (Phi) is 7.26. The Hall–Kier alpha value is -2.29. The molecule has 0 aliphatic heterocycles. The van der Waals surface area contributed by atoms with Crippen LogP contribution < -0.4 is 10.1 Å². The van der Waals surface area contributed by atoms with Crippen LogP contribution >= 0.6 is 0 Å². The van der Waals surface area contributed by atoms with Gasteiger partial charge in [0.2, 0.25) is 0 Å². The van der Waals surface area contributed by atoms with Crippen LogP contribution in [0.25, 0.3) is 0 Å². The molecule has 2 rings (SSSR count). The zero-order valence-corrected chi connectivity index (χ0v) is 16.5. The third-order valence-corrected chi connectivity index (χ3v) is 4.36. The van der Waals surface area contributed by atoms with Crippen LogP contribution in [-0.4, -0.2) is 19.1 Å². The summed E-state index contributed by atoms with van der Waals surface area (Å²) in [7, 11) is 0. The normalized spacial score (nSPS) is 11.2. The van der Waals surface area contributed by atoms with E-state index in [2.05, 4.69) is 39.1 Å². The Morgan fingerprint density at radius 3 is 2.38 bits per heavy atom. The van der Waals surface area contributed by atoms with Gasteiger partial charge in [0, 0.05) is 12.1 Å². The molecular formula is C23H31NO2. The average molecular weight is 354 g/mol. The van der Waals surface area contributed by atoms with Gasteiger partial charge in [0.25, 0.3) is 5.91 Å². The molecule has 0 saturated heterocycles. The van der Waals surface area contributed by atoms with E-state index in [1.165, 1.54) is 11.1 Å². The van der Waals surface area contributed by atoms with E-state index in [1.807, 2.05) is 42.5 Å². The van der Waals surface area contributed by atoms with Crippen LogP contribution in [0.2, 0.25) is 0 Å². The Bertz CT molecular complexity index is 699. The molecule has 0 heterocycles. The van der Waals surface area contributed by atoms with Gasteiger partial charge in [-0.25, -0.2) is 0 Å². The summed E-state index contributed by atoms with van der Waals surface area (Å²) in [6, 6.07) is 16.0. The molecule has 2 aromatic carbocycles. The standard InChI is InChI=1S/C23H31NO2/c1-5-17-26-21-11-7-6-9-18(21)10-8-16-24-22(25)19-12-14-20(15-13-19)23(2,3)4/h6-7,9,11-15H,5,8,10,16-17H2,1-4H3,(H,24,25). The van der Waals surface area contributed by atoms with E-state index in [0.717, 1.165) is 31.6 Å². The molecule has 0 aliphatic rings. The molecule has 0 radical (unpaired) electrons. The Labute approximate surface area is 157 Å². The highest BCUT2D eigenvalue weighted by atomic mass is 16.5. The molecule has 26 heavy (non-hydrogen) atoms. The monoisotopic (exact) mass is 353 g/mol. The lowest BCUT2D eigenvalue weighted by Crippen LogP contribution is -2.25. The third-order valence-electron chi connectivity index (χ3n) is 4.36. The van der Waals surface area contributed by atoms with Crippen molar-refractivity contribution < 1.29 is 9.53 Å². The minimum absolute atomic E-state index is 0.0130. The fraction of sp³-hybridized carbons (Fsp3) is 0.435. The first kappa shape index (κ1) is 20.0. The number of hydrogen-bond acceptors (Lipinski definition) is 2. The summed E-state index contributed by atoms with van der Waals surface area (Å²) >= 11 is 0. The number of rotatable bonds is 8. The van der Waals surface area contributed by atoms with Gasteiger partial charge in [0.1, 0.15) is 5.75 Å². The first-order chi connectivity index (χ1) is 12.4. The van der Waals surface area contributed by atoms with Gasteiger partial charge < -0.3 is 10.1 Å². The minimum atomic E-state index is -0.0130. The largest absolute Gasteiger partial charge is 0.493 e. The molecule has 1 N–H and O–H groups in total. The van der Waals surface area contributed by atoms with Crippen molar-refractivity contribution in [2.75, 3.05) is 13.2 Å². The smallest absolute Gasteiger partial charge is 0.251 e. The number of carbonyl (C=O) groups excluding carboxylic acids is 1. The minimum Gasteiger partial charge on any atom is -0.493 e. The molecule has 0 fully saturated rings. The highest BCUT2D eigenvalue weighted by Gasteiger charge is 2.14. The summed E-state index contributed by atoms with van der Waals surface area (Å²) in [6.45, 7) is 10.0. The molecule has 3 nitrogen and oxygen atoms in total. The molecule has 0 atom stereocenters. The predicted octanol–water partition coefficient (Wildman–Crippen LogP) is 5.14. The van der Waals surface area contributed by atoms with Crippen LogP contribution in [0.1, 0.15) is 62.0 Å². The third kappa shape index (κ3) is 5.91. The van der Waals surface area contributed by atoms with E-state index < -0.39 is 0 Å². The molecule has 0 aliphatic carbocycles. The lowest BCUT2D eigenvalue weighted by atomic mass is 9.87. The SMILES string of the molecule is CCCOc1ccccc1CCCNC(=O)c1ccc(C(C)(C)C)cc1. The van der Waals surface area contributed by atoms with Crippen molar-refractivity contribution in [1.82, 2.24) is 5.32 Å². The molecule has 0 bridgehead atoms. The first-order valence-electron chi connectivity index (χ1n) is 9.51. The van der Waals surface area contributed by atoms with Crippen LogP contribution in [0.5, 0.6) is 5.75 Å². The van der Waals surface area contributed by atoms with Gasteiger partial charge in [-0.3, -0.25) is 4.79 Å². The van der Waals surface area contributed by atoms with Gasteiger partial charge in [-0.15, -0.1) is 0 Å². The van der Waals surface area contributed by atoms with E-state index >= 15 is 0 Å². The Balaban J connectivity index is 1.82. The number of aryl methyl sites for hydroxylation is 1. The molecule has 0 spiro atoms. The number of nitrogens with one attached hydrogen (secondary N) is 1. The second kappa shape index (κ2) is 9.42. The Morgan fingerprint density at radius 2 is 1.73 bits per heavy atom. The zero-order chi connectivity index (χ0) is 19.0. The van der Waals surface area contributed by atoms with Crippen LogP contribution in [0.4, 0.5) is 0 Å². The lowest BCUT2D eigenvalue weighted by molar-refractivity contribution is 0.0953. The molecular weight excluding hydrogens is 322 g/mol. The quantitative estimate of drug-likeness (QED) is 0.668. The number of amides is 1. The van der Waals surface area contributed by atoms with Gasteiger partial charge in [0.15, 0.2) is 0 Å². The number of carbonyl (C=O) groups is 1. The summed E-state index contributed by atoms with van der Waals surface area (Å²) in [5.41, 5.74) is 3.24. The van der Waals surface area contributed by atoms with E-state index in [9.17, 15) is 4.79 Å². The fourth-order valence-electron chi connectivity index (χ4n) is 2.77. The molecule has 140 valence electrons. The van der Waals surface area contributed by atoms with E-state index in [1.54, 1.807) is 0 Å². The number of benzene rings is 2. The molecule has 0 aromatic heterocycles. The fourth-order valence-corrected chi connectivity index (χ4v) is 2.77. The van der Waals surface area contributed by atoms with E-state index in [4.69, 9.17) is 4.74 Å². The molecule has 1 amide bonds. The number of ether oxygens (including phenoxy) is 1. The van der Waals surface area contributed by atoms with Crippen LogP contribution in [-0.2, 0) is 11.8 Å². The molecule has 0 unspecified atom stereocenters. The second-order valence-electron chi connectivity index (χ2n) is 7.64. The van der Waals surface area contributed by atoms with Crippen molar-refractivity contribution in [2.45, 2.75) is 52.4 Å². The van der Waals surface area contributed by atoms with E-state index in [0.29, 0.717) is 12.1 Å². The molecule has 0 saturated carbocycles. The summed E-state index contributed by atoms with van der Waals surface area (Å²) in [4.78, 5) is 12.3. The van der Waals surface area contributed by atoms with Crippen molar-refractivity contribution in [3.63, 3.8) is 0 Å². The van der Waals surface area contributed by atoms with E-state index in [-0.39, 0.29) is 11.3 Å². The van der Waals surface area contributed by atoms with Gasteiger partial charge in [0.05, 0.1) is 6.61 Å². The van der Waals surface area contributed by atoms with Crippen molar-refractivity contribution in [2.24, 2.45) is 0 Å². The lowest BCUT2D eigenvalue weighted by Gasteiger charge is -2.19. The summed E-state index contributed by atoms with van der Waals surface area (Å²) in [5, 5.41) is 3.01. The van der Waals surface area contributed by atoms with Crippen LogP contribution in [0.3, 0.4) is 0 Å². The number of para-hydroxylation sites is 1. The highest BCUT2D eigenvalue weighted by Crippen LogP contribution is 2.22. The summed E-state index contributed by atoms with van der Waals surface area (Å²) in [6.07, 6.45) is 2.78. The maximum Gasteiger partial charge on any atom is 0.251 e. The van der Waals surface area contributed by atoms with Crippen molar-refractivity contribution in [3.8, 4) is 5.75 Å². The molecule has 2 aromatic rings. The van der Waals surface area contributed by atoms with Gasteiger partial charge in [-0.2, -0.15) is 0 Å². The van der Waals surface area contributed by atoms with Gasteiger partial charge >= 0.3 is 0 Å².